The summed E-state index contributed by atoms with van der Waals surface area (Å²) >= 11 is 3.37. The van der Waals surface area contributed by atoms with Crippen molar-refractivity contribution < 1.29 is 8.42 Å². The Balaban J connectivity index is 2.47. The molecule has 0 aromatic heterocycles. The number of anilines is 1. The van der Waals surface area contributed by atoms with Gasteiger partial charge in [0.1, 0.15) is 0 Å². The molecule has 0 aliphatic heterocycles. The normalized spacial score (nSPS) is 11.3. The lowest BCUT2D eigenvalue weighted by atomic mass is 10.2. The topological polar surface area (TPSA) is 37.4 Å². The van der Waals surface area contributed by atoms with Gasteiger partial charge in [-0.15, -0.1) is 0 Å². The van der Waals surface area contributed by atoms with Crippen molar-refractivity contribution in [2.45, 2.75) is 18.7 Å². The van der Waals surface area contributed by atoms with E-state index in [0.717, 1.165) is 10.0 Å². The van der Waals surface area contributed by atoms with Crippen LogP contribution in [0.4, 0.5) is 5.69 Å². The number of sulfonamides is 1. The summed E-state index contributed by atoms with van der Waals surface area (Å²) < 4.78 is 27.7. The first-order valence-corrected chi connectivity index (χ1v) is 8.53. The highest BCUT2D eigenvalue weighted by Crippen LogP contribution is 2.26. The quantitative estimate of drug-likeness (QED) is 0.833. The number of hydrogen-bond donors (Lipinski definition) is 0. The minimum Gasteiger partial charge on any atom is -0.267 e. The second-order valence-corrected chi connectivity index (χ2v) is 7.24. The first-order chi connectivity index (χ1) is 9.45. The van der Waals surface area contributed by atoms with E-state index < -0.39 is 10.0 Å². The van der Waals surface area contributed by atoms with E-state index in [2.05, 4.69) is 15.9 Å². The Morgan fingerprint density at radius 2 is 1.75 bits per heavy atom. The molecule has 0 aliphatic rings. The summed E-state index contributed by atoms with van der Waals surface area (Å²) in [6, 6.07) is 14.2. The van der Waals surface area contributed by atoms with Gasteiger partial charge in [0.05, 0.1) is 10.6 Å². The molecular weight excluding hydrogens is 338 g/mol. The van der Waals surface area contributed by atoms with E-state index in [1.807, 2.05) is 38.1 Å². The maximum atomic E-state index is 12.7. The number of nitrogens with zero attached hydrogens (tertiary/aromatic N) is 1. The molecule has 2 aromatic carbocycles. The summed E-state index contributed by atoms with van der Waals surface area (Å²) in [5.41, 5.74) is 1.69. The smallest absolute Gasteiger partial charge is 0.264 e. The second kappa shape index (κ2) is 5.97. The van der Waals surface area contributed by atoms with Gasteiger partial charge in [0, 0.05) is 11.0 Å². The first kappa shape index (κ1) is 15.1. The molecule has 0 N–H and O–H groups in total. The minimum atomic E-state index is -3.53. The maximum absolute atomic E-state index is 12.7. The highest BCUT2D eigenvalue weighted by Gasteiger charge is 2.23. The molecule has 3 nitrogen and oxygen atoms in total. The Morgan fingerprint density at radius 1 is 1.10 bits per heavy atom. The lowest BCUT2D eigenvalue weighted by molar-refractivity contribution is 0.592. The van der Waals surface area contributed by atoms with Crippen LogP contribution < -0.4 is 4.31 Å². The molecule has 0 bridgehead atoms. The fourth-order valence-electron chi connectivity index (χ4n) is 1.96. The number of rotatable bonds is 4. The van der Waals surface area contributed by atoms with Crippen molar-refractivity contribution >= 4 is 31.6 Å². The van der Waals surface area contributed by atoms with Gasteiger partial charge < -0.3 is 0 Å². The van der Waals surface area contributed by atoms with E-state index in [-0.39, 0.29) is 0 Å². The lowest BCUT2D eigenvalue weighted by Crippen LogP contribution is -2.30. The average molecular weight is 354 g/mol. The third kappa shape index (κ3) is 3.04. The molecule has 2 rings (SSSR count). The Labute approximate surface area is 128 Å². The van der Waals surface area contributed by atoms with Crippen molar-refractivity contribution in [2.24, 2.45) is 0 Å². The first-order valence-electron chi connectivity index (χ1n) is 6.30. The van der Waals surface area contributed by atoms with Gasteiger partial charge in [-0.3, -0.25) is 4.31 Å². The largest absolute Gasteiger partial charge is 0.267 e. The molecule has 0 heterocycles. The van der Waals surface area contributed by atoms with Crippen molar-refractivity contribution in [3.8, 4) is 0 Å². The molecule has 0 radical (unpaired) electrons. The zero-order valence-corrected chi connectivity index (χ0v) is 13.8. The maximum Gasteiger partial charge on any atom is 0.264 e. The van der Waals surface area contributed by atoms with Gasteiger partial charge >= 0.3 is 0 Å². The number of halogens is 1. The Hall–Kier alpha value is -1.33. The van der Waals surface area contributed by atoms with Crippen LogP contribution in [0.1, 0.15) is 12.5 Å². The Kier molecular flexibility index (Phi) is 4.50. The molecule has 5 heteroatoms. The predicted octanol–water partition coefficient (Wildman–Crippen LogP) is 3.97. The number of hydrogen-bond acceptors (Lipinski definition) is 2. The van der Waals surface area contributed by atoms with Crippen LogP contribution >= 0.6 is 15.9 Å². The summed E-state index contributed by atoms with van der Waals surface area (Å²) in [5, 5.41) is 0. The Morgan fingerprint density at radius 3 is 2.30 bits per heavy atom. The molecule has 0 aliphatic carbocycles. The Bertz CT molecular complexity index is 696. The van der Waals surface area contributed by atoms with Gasteiger partial charge in [-0.1, -0.05) is 39.7 Å². The molecule has 2 aromatic rings. The van der Waals surface area contributed by atoms with Crippen LogP contribution in [0.15, 0.2) is 57.9 Å². The predicted molar refractivity (Wildman–Crippen MR) is 85.5 cm³/mol. The van der Waals surface area contributed by atoms with Crippen LogP contribution in [0.5, 0.6) is 0 Å². The molecule has 20 heavy (non-hydrogen) atoms. The van der Waals surface area contributed by atoms with Crippen molar-refractivity contribution in [1.82, 2.24) is 0 Å². The third-order valence-corrected chi connectivity index (χ3v) is 5.40. The van der Waals surface area contributed by atoms with Gasteiger partial charge in [0.15, 0.2) is 0 Å². The van der Waals surface area contributed by atoms with Crippen LogP contribution in [0.25, 0.3) is 0 Å². The van der Waals surface area contributed by atoms with E-state index in [0.29, 0.717) is 17.1 Å². The van der Waals surface area contributed by atoms with Crippen LogP contribution in [0.2, 0.25) is 0 Å². The van der Waals surface area contributed by atoms with E-state index in [1.165, 1.54) is 4.31 Å². The summed E-state index contributed by atoms with van der Waals surface area (Å²) in [7, 11) is -3.53. The molecular formula is C15H16BrNO2S. The molecule has 0 fully saturated rings. The van der Waals surface area contributed by atoms with Crippen molar-refractivity contribution in [3.63, 3.8) is 0 Å². The summed E-state index contributed by atoms with van der Waals surface area (Å²) in [5.74, 6) is 0. The van der Waals surface area contributed by atoms with E-state index >= 15 is 0 Å². The van der Waals surface area contributed by atoms with Crippen molar-refractivity contribution in [2.75, 3.05) is 10.8 Å². The van der Waals surface area contributed by atoms with Gasteiger partial charge in [-0.05, 0) is 44.2 Å². The second-order valence-electron chi connectivity index (χ2n) is 4.46. The van der Waals surface area contributed by atoms with Crippen molar-refractivity contribution in [1.29, 1.82) is 0 Å². The molecule has 0 unspecified atom stereocenters. The van der Waals surface area contributed by atoms with Crippen LogP contribution in [0.3, 0.4) is 0 Å². The van der Waals surface area contributed by atoms with E-state index in [1.54, 1.807) is 24.3 Å². The molecule has 0 saturated heterocycles. The van der Waals surface area contributed by atoms with E-state index in [4.69, 9.17) is 0 Å². The highest BCUT2D eigenvalue weighted by atomic mass is 79.9. The van der Waals surface area contributed by atoms with Crippen molar-refractivity contribution in [3.05, 3.63) is 58.6 Å². The molecule has 0 spiro atoms. The SMILES string of the molecule is CCN(c1cccc(Br)c1)S(=O)(=O)c1ccc(C)cc1. The zero-order chi connectivity index (χ0) is 14.8. The number of benzene rings is 2. The molecule has 0 saturated carbocycles. The lowest BCUT2D eigenvalue weighted by Gasteiger charge is -2.23. The minimum absolute atomic E-state index is 0.310. The average Bonchev–Trinajstić information content (AvgIpc) is 2.40. The fourth-order valence-corrected chi connectivity index (χ4v) is 3.81. The molecule has 0 amide bonds. The van der Waals surface area contributed by atoms with Crippen LogP contribution in [0, 0.1) is 6.92 Å². The van der Waals surface area contributed by atoms with Crippen LogP contribution in [-0.2, 0) is 10.0 Å². The van der Waals surface area contributed by atoms with Crippen LogP contribution in [-0.4, -0.2) is 15.0 Å². The van der Waals surface area contributed by atoms with E-state index in [9.17, 15) is 8.42 Å². The molecule has 0 atom stereocenters. The molecule has 106 valence electrons. The number of aryl methyl sites for hydroxylation is 1. The fraction of sp³-hybridized carbons (Fsp3) is 0.200. The van der Waals surface area contributed by atoms with Gasteiger partial charge in [0.25, 0.3) is 10.0 Å². The summed E-state index contributed by atoms with van der Waals surface area (Å²) in [6.07, 6.45) is 0. The highest BCUT2D eigenvalue weighted by molar-refractivity contribution is 9.10. The van der Waals surface area contributed by atoms with Gasteiger partial charge in [-0.25, -0.2) is 8.42 Å². The summed E-state index contributed by atoms with van der Waals surface area (Å²) in [4.78, 5) is 0.310. The monoisotopic (exact) mass is 353 g/mol. The standard InChI is InChI=1S/C15H16BrNO2S/c1-3-17(14-6-4-5-13(16)11-14)20(18,19)15-9-7-12(2)8-10-15/h4-11H,3H2,1-2H3. The summed E-state index contributed by atoms with van der Waals surface area (Å²) in [6.45, 7) is 4.14. The van der Waals surface area contributed by atoms with Gasteiger partial charge in [0.2, 0.25) is 0 Å². The third-order valence-electron chi connectivity index (χ3n) is 2.99. The zero-order valence-electron chi connectivity index (χ0n) is 11.4. The van der Waals surface area contributed by atoms with Gasteiger partial charge in [-0.2, -0.15) is 0 Å².